The maximum atomic E-state index is 12.8. The number of rotatable bonds is 6. The molecular formula is C19H28N4O3. The number of benzene rings is 1. The van der Waals surface area contributed by atoms with Gasteiger partial charge in [0.15, 0.2) is 0 Å². The minimum absolute atomic E-state index is 0.0746. The molecule has 7 heteroatoms. The van der Waals surface area contributed by atoms with Crippen LogP contribution in [0.3, 0.4) is 0 Å². The van der Waals surface area contributed by atoms with Gasteiger partial charge in [0.05, 0.1) is 18.6 Å². The molecule has 2 unspecified atom stereocenters. The number of nitrogens with two attached hydrogens (primary N) is 1. The lowest BCUT2D eigenvalue weighted by atomic mass is 10.1. The molecule has 2 aliphatic heterocycles. The molecule has 0 bridgehead atoms. The summed E-state index contributed by atoms with van der Waals surface area (Å²) in [6.07, 6.45) is 0.925. The number of methoxy groups -OCH3 is 1. The van der Waals surface area contributed by atoms with E-state index in [1.807, 2.05) is 40.1 Å². The van der Waals surface area contributed by atoms with Crippen molar-refractivity contribution in [3.8, 4) is 0 Å². The zero-order valence-electron chi connectivity index (χ0n) is 15.3. The first-order chi connectivity index (χ1) is 12.6. The number of piperazine rings is 1. The Bertz CT molecular complexity index is 612. The van der Waals surface area contributed by atoms with Crippen molar-refractivity contribution in [1.82, 2.24) is 9.80 Å². The molecule has 0 spiro atoms. The molecule has 2 N–H and O–H groups in total. The molecule has 0 radical (unpaired) electrons. The Hall–Kier alpha value is -1.96. The minimum Gasteiger partial charge on any atom is -0.380 e. The second-order valence-corrected chi connectivity index (χ2v) is 6.84. The Morgan fingerprint density at radius 1 is 1.19 bits per heavy atom. The van der Waals surface area contributed by atoms with Crippen LogP contribution in [0.5, 0.6) is 0 Å². The van der Waals surface area contributed by atoms with E-state index >= 15 is 0 Å². The molecular weight excluding hydrogens is 332 g/mol. The number of carbonyl (C=O) groups is 2. The molecule has 0 saturated carbocycles. The molecule has 3 rings (SSSR count). The van der Waals surface area contributed by atoms with E-state index in [4.69, 9.17) is 10.5 Å². The van der Waals surface area contributed by atoms with Crippen LogP contribution in [0.15, 0.2) is 30.3 Å². The van der Waals surface area contributed by atoms with E-state index in [0.29, 0.717) is 26.1 Å². The summed E-state index contributed by atoms with van der Waals surface area (Å²) in [5, 5.41) is 0. The Labute approximate surface area is 154 Å². The first-order valence-electron chi connectivity index (χ1n) is 9.25. The summed E-state index contributed by atoms with van der Waals surface area (Å²) >= 11 is 0. The Kier molecular flexibility index (Phi) is 6.24. The highest BCUT2D eigenvalue weighted by molar-refractivity contribution is 5.99. The number of hydrogen-bond donors (Lipinski definition) is 1. The molecule has 2 aliphatic rings. The molecule has 2 amide bonds. The topological polar surface area (TPSA) is 79.1 Å². The van der Waals surface area contributed by atoms with Crippen molar-refractivity contribution in [1.29, 1.82) is 0 Å². The summed E-state index contributed by atoms with van der Waals surface area (Å²) in [5.41, 5.74) is 6.56. The number of anilines is 1. The van der Waals surface area contributed by atoms with E-state index in [9.17, 15) is 9.59 Å². The van der Waals surface area contributed by atoms with Gasteiger partial charge in [-0.25, -0.2) is 0 Å². The first-order valence-corrected chi connectivity index (χ1v) is 9.25. The van der Waals surface area contributed by atoms with E-state index in [0.717, 1.165) is 31.7 Å². The van der Waals surface area contributed by atoms with Crippen LogP contribution in [0.4, 0.5) is 5.69 Å². The van der Waals surface area contributed by atoms with Crippen molar-refractivity contribution in [2.75, 3.05) is 51.3 Å². The number of carbonyl (C=O) groups excluding carboxylic acids is 2. The largest absolute Gasteiger partial charge is 0.380 e. The highest BCUT2D eigenvalue weighted by Crippen LogP contribution is 2.25. The number of amides is 2. The fraction of sp³-hybridized carbons (Fsp3) is 0.579. The zero-order valence-corrected chi connectivity index (χ0v) is 15.3. The van der Waals surface area contributed by atoms with Crippen LogP contribution in [-0.4, -0.2) is 80.1 Å². The second kappa shape index (κ2) is 8.62. The van der Waals surface area contributed by atoms with Crippen molar-refractivity contribution in [3.63, 3.8) is 0 Å². The zero-order chi connectivity index (χ0) is 18.5. The summed E-state index contributed by atoms with van der Waals surface area (Å²) < 4.78 is 5.20. The summed E-state index contributed by atoms with van der Waals surface area (Å²) in [7, 11) is 1.58. The SMILES string of the molecule is COC(CN)CC(=O)N1CCN(C2CCN(c3ccccc3)C2=O)CC1. The van der Waals surface area contributed by atoms with Gasteiger partial charge in [0.2, 0.25) is 11.8 Å². The van der Waals surface area contributed by atoms with Gasteiger partial charge in [0.1, 0.15) is 0 Å². The van der Waals surface area contributed by atoms with Gasteiger partial charge < -0.3 is 20.3 Å². The summed E-state index contributed by atoms with van der Waals surface area (Å²) in [6, 6.07) is 9.73. The summed E-state index contributed by atoms with van der Waals surface area (Å²) in [6.45, 7) is 3.84. The number of nitrogens with zero attached hydrogens (tertiary/aromatic N) is 3. The summed E-state index contributed by atoms with van der Waals surface area (Å²) in [5.74, 6) is 0.240. The normalized spacial score (nSPS) is 22.7. The predicted molar refractivity (Wildman–Crippen MR) is 99.8 cm³/mol. The Morgan fingerprint density at radius 2 is 1.88 bits per heavy atom. The molecule has 142 valence electrons. The highest BCUT2D eigenvalue weighted by atomic mass is 16.5. The third-order valence-corrected chi connectivity index (χ3v) is 5.35. The molecule has 2 fully saturated rings. The molecule has 7 nitrogen and oxygen atoms in total. The van der Waals surface area contributed by atoms with Gasteiger partial charge in [-0.1, -0.05) is 18.2 Å². The average Bonchev–Trinajstić information content (AvgIpc) is 3.08. The van der Waals surface area contributed by atoms with Crippen LogP contribution in [0, 0.1) is 0 Å². The molecule has 1 aromatic rings. The smallest absolute Gasteiger partial charge is 0.244 e. The van der Waals surface area contributed by atoms with E-state index in [1.165, 1.54) is 0 Å². The fourth-order valence-corrected chi connectivity index (χ4v) is 3.74. The lowest BCUT2D eigenvalue weighted by molar-refractivity contribution is -0.136. The van der Waals surface area contributed by atoms with Gasteiger partial charge in [-0.2, -0.15) is 0 Å². The van der Waals surface area contributed by atoms with Crippen molar-refractivity contribution in [3.05, 3.63) is 30.3 Å². The van der Waals surface area contributed by atoms with Gasteiger partial charge in [0.25, 0.3) is 0 Å². The summed E-state index contributed by atoms with van der Waals surface area (Å²) in [4.78, 5) is 31.1. The van der Waals surface area contributed by atoms with Crippen molar-refractivity contribution in [2.45, 2.75) is 25.0 Å². The molecule has 2 saturated heterocycles. The van der Waals surface area contributed by atoms with Crippen LogP contribution in [0.1, 0.15) is 12.8 Å². The van der Waals surface area contributed by atoms with Crippen LogP contribution in [0.2, 0.25) is 0 Å². The molecule has 1 aromatic carbocycles. The van der Waals surface area contributed by atoms with Crippen LogP contribution >= 0.6 is 0 Å². The maximum Gasteiger partial charge on any atom is 0.244 e. The molecule has 0 aromatic heterocycles. The maximum absolute atomic E-state index is 12.8. The van der Waals surface area contributed by atoms with Gasteiger partial charge in [-0.3, -0.25) is 14.5 Å². The van der Waals surface area contributed by atoms with Crippen LogP contribution in [-0.2, 0) is 14.3 Å². The molecule has 2 atom stereocenters. The quantitative estimate of drug-likeness (QED) is 0.789. The van der Waals surface area contributed by atoms with Crippen LogP contribution < -0.4 is 10.6 Å². The van der Waals surface area contributed by atoms with Gasteiger partial charge in [-0.05, 0) is 18.6 Å². The minimum atomic E-state index is -0.226. The molecule has 0 aliphatic carbocycles. The van der Waals surface area contributed by atoms with Crippen molar-refractivity contribution in [2.24, 2.45) is 5.73 Å². The number of ether oxygens (including phenoxy) is 1. The molecule has 2 heterocycles. The standard InChI is InChI=1S/C19H28N4O3/c1-26-16(14-20)13-18(24)22-11-9-21(10-12-22)17-7-8-23(19(17)25)15-5-3-2-4-6-15/h2-6,16-17H,7-14,20H2,1H3. The van der Waals surface area contributed by atoms with E-state index in [-0.39, 0.29) is 24.0 Å². The highest BCUT2D eigenvalue weighted by Gasteiger charge is 2.38. The fourth-order valence-electron chi connectivity index (χ4n) is 3.74. The molecule has 26 heavy (non-hydrogen) atoms. The second-order valence-electron chi connectivity index (χ2n) is 6.84. The van der Waals surface area contributed by atoms with E-state index in [2.05, 4.69) is 4.90 Å². The third-order valence-electron chi connectivity index (χ3n) is 5.35. The Morgan fingerprint density at radius 3 is 2.50 bits per heavy atom. The van der Waals surface area contributed by atoms with E-state index in [1.54, 1.807) is 7.11 Å². The van der Waals surface area contributed by atoms with Gasteiger partial charge in [-0.15, -0.1) is 0 Å². The Balaban J connectivity index is 1.52. The van der Waals surface area contributed by atoms with Gasteiger partial charge >= 0.3 is 0 Å². The monoisotopic (exact) mass is 360 g/mol. The van der Waals surface area contributed by atoms with Gasteiger partial charge in [0, 0.05) is 52.1 Å². The lowest BCUT2D eigenvalue weighted by Crippen LogP contribution is -2.54. The van der Waals surface area contributed by atoms with E-state index < -0.39 is 0 Å². The first kappa shape index (κ1) is 18.8. The van der Waals surface area contributed by atoms with Crippen molar-refractivity contribution >= 4 is 17.5 Å². The predicted octanol–water partition coefficient (Wildman–Crippen LogP) is 0.300. The van der Waals surface area contributed by atoms with Crippen molar-refractivity contribution < 1.29 is 14.3 Å². The van der Waals surface area contributed by atoms with Crippen LogP contribution in [0.25, 0.3) is 0 Å². The number of hydrogen-bond acceptors (Lipinski definition) is 5. The average molecular weight is 360 g/mol. The lowest BCUT2D eigenvalue weighted by Gasteiger charge is -2.37. The number of para-hydroxylation sites is 1. The third kappa shape index (κ3) is 4.06.